The minimum Gasteiger partial charge on any atom is -0.481 e. The number of hydrogen-bond acceptors (Lipinski definition) is 6. The molecule has 3 N–H and O–H groups in total. The standard InChI is InChI=1S/C25H25N3O4S2/c1-2-20(23(30)28-25-27-19-12-5-6-13-21(19)34-25)33-16-9-7-8-15(14-16)26-22(29)17-10-3-4-11-18(17)24(31)32/h3-9,12-14,17-18,20H,2,10-11H2,1H3,(H,26,29)(H,31,32)(H,27,28,30). The summed E-state index contributed by atoms with van der Waals surface area (Å²) in [5.41, 5.74) is 1.43. The molecule has 4 rings (SSSR count). The van der Waals surface area contributed by atoms with Gasteiger partial charge >= 0.3 is 5.97 Å². The zero-order valence-electron chi connectivity index (χ0n) is 18.6. The summed E-state index contributed by atoms with van der Waals surface area (Å²) >= 11 is 2.85. The number of amides is 2. The van der Waals surface area contributed by atoms with Crippen molar-refractivity contribution in [1.29, 1.82) is 0 Å². The quantitative estimate of drug-likeness (QED) is 0.285. The van der Waals surface area contributed by atoms with Crippen molar-refractivity contribution >= 4 is 61.9 Å². The van der Waals surface area contributed by atoms with Gasteiger partial charge in [-0.25, -0.2) is 4.98 Å². The van der Waals surface area contributed by atoms with Crippen LogP contribution in [0.1, 0.15) is 26.2 Å². The van der Waals surface area contributed by atoms with Gasteiger partial charge in [-0.05, 0) is 49.6 Å². The van der Waals surface area contributed by atoms with Gasteiger partial charge in [0, 0.05) is 10.6 Å². The van der Waals surface area contributed by atoms with Gasteiger partial charge in [-0.2, -0.15) is 0 Å². The maximum absolute atomic E-state index is 12.9. The molecular weight excluding hydrogens is 470 g/mol. The number of carbonyl (C=O) groups is 3. The zero-order chi connectivity index (χ0) is 24.1. The number of nitrogens with zero attached hydrogens (tertiary/aromatic N) is 1. The van der Waals surface area contributed by atoms with Gasteiger partial charge in [-0.3, -0.25) is 14.4 Å². The summed E-state index contributed by atoms with van der Waals surface area (Å²) in [6.07, 6.45) is 5.04. The number of para-hydroxylation sites is 1. The van der Waals surface area contributed by atoms with Crippen molar-refractivity contribution in [3.63, 3.8) is 0 Å². The Hall–Kier alpha value is -3.17. The molecule has 0 radical (unpaired) electrons. The number of carboxylic acid groups (broad SMARTS) is 1. The van der Waals surface area contributed by atoms with Gasteiger partial charge < -0.3 is 15.7 Å². The third-order valence-electron chi connectivity index (χ3n) is 5.65. The molecule has 3 unspecified atom stereocenters. The smallest absolute Gasteiger partial charge is 0.307 e. The molecule has 0 aliphatic heterocycles. The Balaban J connectivity index is 1.41. The average molecular weight is 496 g/mol. The summed E-state index contributed by atoms with van der Waals surface area (Å²) in [7, 11) is 0. The summed E-state index contributed by atoms with van der Waals surface area (Å²) in [6, 6.07) is 15.0. The van der Waals surface area contributed by atoms with Crippen LogP contribution in [0.3, 0.4) is 0 Å². The number of aromatic nitrogens is 1. The number of fused-ring (bicyclic) bond motifs is 1. The van der Waals surface area contributed by atoms with E-state index in [0.29, 0.717) is 30.1 Å². The van der Waals surface area contributed by atoms with Crippen LogP contribution in [-0.4, -0.2) is 33.1 Å². The van der Waals surface area contributed by atoms with E-state index in [1.54, 1.807) is 6.07 Å². The van der Waals surface area contributed by atoms with Crippen molar-refractivity contribution in [3.8, 4) is 0 Å². The monoisotopic (exact) mass is 495 g/mol. The van der Waals surface area contributed by atoms with Crippen molar-refractivity contribution in [3.05, 3.63) is 60.7 Å². The molecule has 0 bridgehead atoms. The highest BCUT2D eigenvalue weighted by molar-refractivity contribution is 8.00. The molecule has 0 saturated carbocycles. The molecule has 34 heavy (non-hydrogen) atoms. The molecule has 1 aliphatic rings. The van der Waals surface area contributed by atoms with Gasteiger partial charge in [0.05, 0.1) is 27.3 Å². The molecule has 1 aromatic heterocycles. The van der Waals surface area contributed by atoms with Crippen LogP contribution in [0, 0.1) is 11.8 Å². The lowest BCUT2D eigenvalue weighted by Gasteiger charge is -2.24. The van der Waals surface area contributed by atoms with E-state index in [0.717, 1.165) is 15.1 Å². The zero-order valence-corrected chi connectivity index (χ0v) is 20.2. The lowest BCUT2D eigenvalue weighted by Crippen LogP contribution is -2.34. The molecule has 7 nitrogen and oxygen atoms in total. The van der Waals surface area contributed by atoms with Crippen molar-refractivity contribution in [1.82, 2.24) is 4.98 Å². The lowest BCUT2D eigenvalue weighted by atomic mass is 9.82. The van der Waals surface area contributed by atoms with E-state index in [9.17, 15) is 19.5 Å². The number of hydrogen-bond donors (Lipinski definition) is 3. The normalized spacial score (nSPS) is 18.4. The second-order valence-corrected chi connectivity index (χ2v) is 10.3. The fourth-order valence-corrected chi connectivity index (χ4v) is 5.74. The van der Waals surface area contributed by atoms with Gasteiger partial charge in [-0.1, -0.05) is 48.6 Å². The molecule has 0 fully saturated rings. The van der Waals surface area contributed by atoms with Gasteiger partial charge in [-0.15, -0.1) is 11.8 Å². The van der Waals surface area contributed by atoms with E-state index in [1.165, 1.54) is 23.1 Å². The second-order valence-electron chi connectivity index (χ2n) is 8.00. The molecule has 1 aliphatic carbocycles. The topological polar surface area (TPSA) is 108 Å². The Labute approximate surface area is 205 Å². The summed E-state index contributed by atoms with van der Waals surface area (Å²) in [5, 5.41) is 15.4. The van der Waals surface area contributed by atoms with E-state index >= 15 is 0 Å². The number of thioether (sulfide) groups is 1. The number of rotatable bonds is 8. The molecule has 176 valence electrons. The molecule has 3 atom stereocenters. The SMILES string of the molecule is CCC(Sc1cccc(NC(=O)C2CC=CCC2C(=O)O)c1)C(=O)Nc1nc2ccccc2s1. The van der Waals surface area contributed by atoms with Crippen molar-refractivity contribution in [2.75, 3.05) is 10.6 Å². The number of allylic oxidation sites excluding steroid dienone is 2. The van der Waals surface area contributed by atoms with E-state index in [1.807, 2.05) is 61.5 Å². The van der Waals surface area contributed by atoms with Gasteiger partial charge in [0.25, 0.3) is 0 Å². The minimum atomic E-state index is -0.960. The highest BCUT2D eigenvalue weighted by Crippen LogP contribution is 2.31. The average Bonchev–Trinajstić information content (AvgIpc) is 3.25. The fraction of sp³-hybridized carbons (Fsp3) is 0.280. The Morgan fingerprint density at radius 1 is 1.09 bits per heavy atom. The summed E-state index contributed by atoms with van der Waals surface area (Å²) in [6.45, 7) is 1.95. The van der Waals surface area contributed by atoms with Crippen LogP contribution in [0.25, 0.3) is 10.2 Å². The lowest BCUT2D eigenvalue weighted by molar-refractivity contribution is -0.146. The highest BCUT2D eigenvalue weighted by atomic mass is 32.2. The molecule has 2 aromatic carbocycles. The second kappa shape index (κ2) is 10.8. The Morgan fingerprint density at radius 2 is 1.85 bits per heavy atom. The van der Waals surface area contributed by atoms with Crippen LogP contribution in [0.5, 0.6) is 0 Å². The first-order chi connectivity index (χ1) is 16.4. The first-order valence-electron chi connectivity index (χ1n) is 11.1. The molecule has 3 aromatic rings. The first-order valence-corrected chi connectivity index (χ1v) is 12.8. The van der Waals surface area contributed by atoms with E-state index in [2.05, 4.69) is 15.6 Å². The summed E-state index contributed by atoms with van der Waals surface area (Å²) < 4.78 is 1.01. The van der Waals surface area contributed by atoms with E-state index in [4.69, 9.17) is 0 Å². The predicted octanol–water partition coefficient (Wildman–Crippen LogP) is 5.41. The van der Waals surface area contributed by atoms with Crippen molar-refractivity contribution < 1.29 is 19.5 Å². The maximum atomic E-state index is 12.9. The molecule has 1 heterocycles. The van der Waals surface area contributed by atoms with Gasteiger partial charge in [0.15, 0.2) is 5.13 Å². The number of anilines is 2. The summed E-state index contributed by atoms with van der Waals surface area (Å²) in [4.78, 5) is 42.5. The number of benzene rings is 2. The van der Waals surface area contributed by atoms with Crippen LogP contribution in [0.2, 0.25) is 0 Å². The summed E-state index contributed by atoms with van der Waals surface area (Å²) in [5.74, 6) is -2.72. The molecule has 0 spiro atoms. The molecule has 9 heteroatoms. The number of carbonyl (C=O) groups excluding carboxylic acids is 2. The molecular formula is C25H25N3O4S2. The predicted molar refractivity (Wildman–Crippen MR) is 136 cm³/mol. The van der Waals surface area contributed by atoms with Crippen molar-refractivity contribution in [2.24, 2.45) is 11.8 Å². The van der Waals surface area contributed by atoms with Crippen LogP contribution in [0.15, 0.2) is 65.6 Å². The Morgan fingerprint density at radius 3 is 2.59 bits per heavy atom. The van der Waals surface area contributed by atoms with Crippen LogP contribution in [-0.2, 0) is 14.4 Å². The molecule has 0 saturated heterocycles. The van der Waals surface area contributed by atoms with Crippen LogP contribution < -0.4 is 10.6 Å². The maximum Gasteiger partial charge on any atom is 0.307 e. The number of nitrogens with one attached hydrogen (secondary N) is 2. The number of thiazole rings is 1. The highest BCUT2D eigenvalue weighted by Gasteiger charge is 2.34. The minimum absolute atomic E-state index is 0.126. The van der Waals surface area contributed by atoms with Crippen LogP contribution >= 0.6 is 23.1 Å². The Kier molecular flexibility index (Phi) is 7.64. The molecule has 2 amide bonds. The largest absolute Gasteiger partial charge is 0.481 e. The number of aliphatic carboxylic acids is 1. The third kappa shape index (κ3) is 5.66. The van der Waals surface area contributed by atoms with E-state index in [-0.39, 0.29) is 17.1 Å². The van der Waals surface area contributed by atoms with E-state index < -0.39 is 17.8 Å². The fourth-order valence-electron chi connectivity index (χ4n) is 3.86. The van der Waals surface area contributed by atoms with Gasteiger partial charge in [0.2, 0.25) is 11.8 Å². The van der Waals surface area contributed by atoms with Gasteiger partial charge in [0.1, 0.15) is 0 Å². The Bertz CT molecular complexity index is 1210. The number of carboxylic acids is 1. The van der Waals surface area contributed by atoms with Crippen LogP contribution in [0.4, 0.5) is 10.8 Å². The van der Waals surface area contributed by atoms with Crippen molar-refractivity contribution in [2.45, 2.75) is 36.3 Å². The first kappa shape index (κ1) is 24.0. The third-order valence-corrected chi connectivity index (χ3v) is 7.96.